The number of nitrogens with zero attached hydrogens (tertiary/aromatic N) is 1. The minimum absolute atomic E-state index is 0.0161. The van der Waals surface area contributed by atoms with Crippen molar-refractivity contribution in [2.75, 3.05) is 32.8 Å². The smallest absolute Gasteiger partial charge is 0.257 e. The maximum absolute atomic E-state index is 11.7. The van der Waals surface area contributed by atoms with Crippen molar-refractivity contribution in [3.63, 3.8) is 0 Å². The first-order chi connectivity index (χ1) is 11.7. The number of rotatable bonds is 10. The lowest BCUT2D eigenvalue weighted by Crippen LogP contribution is -2.33. The second-order valence-corrected chi connectivity index (χ2v) is 5.80. The van der Waals surface area contributed by atoms with Gasteiger partial charge in [-0.1, -0.05) is 6.92 Å². The molecular weight excluding hydrogens is 308 g/mol. The third kappa shape index (κ3) is 6.10. The highest BCUT2D eigenvalue weighted by atomic mass is 16.5. The molecule has 1 aliphatic heterocycles. The van der Waals surface area contributed by atoms with Gasteiger partial charge in [0.2, 0.25) is 5.91 Å². The first kappa shape index (κ1) is 18.1. The van der Waals surface area contributed by atoms with E-state index < -0.39 is 0 Å². The number of carbonyl (C=O) groups is 2. The minimum Gasteiger partial charge on any atom is -0.494 e. The van der Waals surface area contributed by atoms with Crippen LogP contribution in [-0.2, 0) is 9.59 Å². The Morgan fingerprint density at radius 1 is 1.21 bits per heavy atom. The molecule has 0 aromatic heterocycles. The summed E-state index contributed by atoms with van der Waals surface area (Å²) in [5.41, 5.74) is 0. The Morgan fingerprint density at radius 3 is 2.54 bits per heavy atom. The lowest BCUT2D eigenvalue weighted by atomic mass is 10.3. The second kappa shape index (κ2) is 9.80. The number of carbonyl (C=O) groups excluding carboxylic acids is 2. The van der Waals surface area contributed by atoms with Crippen LogP contribution in [0.5, 0.6) is 11.5 Å². The average molecular weight is 334 g/mol. The Bertz CT molecular complexity index is 530. The summed E-state index contributed by atoms with van der Waals surface area (Å²) in [6, 6.07) is 7.24. The molecule has 0 unspecified atom stereocenters. The number of amides is 2. The highest BCUT2D eigenvalue weighted by Gasteiger charge is 2.18. The van der Waals surface area contributed by atoms with Crippen LogP contribution in [0.1, 0.15) is 32.6 Å². The maximum Gasteiger partial charge on any atom is 0.257 e. The molecule has 24 heavy (non-hydrogen) atoms. The summed E-state index contributed by atoms with van der Waals surface area (Å²) >= 11 is 0. The Morgan fingerprint density at radius 2 is 1.92 bits per heavy atom. The fraction of sp³-hybridized carbons (Fsp3) is 0.556. The van der Waals surface area contributed by atoms with Gasteiger partial charge in [0.1, 0.15) is 11.5 Å². The van der Waals surface area contributed by atoms with E-state index in [0.717, 1.165) is 31.6 Å². The molecule has 0 aliphatic carbocycles. The van der Waals surface area contributed by atoms with Crippen LogP contribution in [-0.4, -0.2) is 49.6 Å². The predicted molar refractivity (Wildman–Crippen MR) is 91.2 cm³/mol. The third-order valence-electron chi connectivity index (χ3n) is 3.76. The van der Waals surface area contributed by atoms with Gasteiger partial charge in [-0.3, -0.25) is 9.59 Å². The van der Waals surface area contributed by atoms with Crippen molar-refractivity contribution in [2.24, 2.45) is 0 Å². The van der Waals surface area contributed by atoms with Crippen LogP contribution in [0.25, 0.3) is 0 Å². The van der Waals surface area contributed by atoms with E-state index in [4.69, 9.17) is 9.47 Å². The Labute approximate surface area is 143 Å². The molecule has 6 heteroatoms. The van der Waals surface area contributed by atoms with Crippen LogP contribution >= 0.6 is 0 Å². The van der Waals surface area contributed by atoms with Gasteiger partial charge in [0.05, 0.1) is 6.61 Å². The van der Waals surface area contributed by atoms with Gasteiger partial charge in [0.25, 0.3) is 5.91 Å². The van der Waals surface area contributed by atoms with Crippen LogP contribution in [0.3, 0.4) is 0 Å². The van der Waals surface area contributed by atoms with E-state index in [1.165, 1.54) is 0 Å². The van der Waals surface area contributed by atoms with Gasteiger partial charge < -0.3 is 19.7 Å². The molecule has 6 nitrogen and oxygen atoms in total. The van der Waals surface area contributed by atoms with Gasteiger partial charge in [0.15, 0.2) is 6.61 Å². The van der Waals surface area contributed by atoms with Gasteiger partial charge in [-0.2, -0.15) is 0 Å². The molecule has 1 aliphatic rings. The highest BCUT2D eigenvalue weighted by molar-refractivity contribution is 5.78. The summed E-state index contributed by atoms with van der Waals surface area (Å²) < 4.78 is 10.9. The zero-order chi connectivity index (χ0) is 17.2. The molecule has 1 saturated heterocycles. The lowest BCUT2D eigenvalue weighted by Gasteiger charge is -2.15. The van der Waals surface area contributed by atoms with Crippen molar-refractivity contribution in [1.29, 1.82) is 0 Å². The van der Waals surface area contributed by atoms with E-state index in [9.17, 15) is 9.59 Å². The van der Waals surface area contributed by atoms with Gasteiger partial charge in [-0.25, -0.2) is 0 Å². The first-order valence-electron chi connectivity index (χ1n) is 8.59. The quantitative estimate of drug-likeness (QED) is 0.665. The molecule has 0 spiro atoms. The summed E-state index contributed by atoms with van der Waals surface area (Å²) in [4.78, 5) is 25.0. The largest absolute Gasteiger partial charge is 0.494 e. The minimum atomic E-state index is -0.158. The third-order valence-corrected chi connectivity index (χ3v) is 3.76. The molecule has 132 valence electrons. The van der Waals surface area contributed by atoms with E-state index in [2.05, 4.69) is 12.2 Å². The number of hydrogen-bond donors (Lipinski definition) is 1. The Hall–Kier alpha value is -2.24. The molecule has 0 atom stereocenters. The van der Waals surface area contributed by atoms with Gasteiger partial charge in [-0.05, 0) is 43.5 Å². The summed E-state index contributed by atoms with van der Waals surface area (Å²) in [7, 11) is 0. The SMILES string of the molecule is CCCOc1ccc(OCC(=O)NCCCN2CCCC2=O)cc1. The summed E-state index contributed by atoms with van der Waals surface area (Å²) in [6.45, 7) is 4.82. The van der Waals surface area contributed by atoms with E-state index in [1.54, 1.807) is 12.1 Å². The van der Waals surface area contributed by atoms with E-state index >= 15 is 0 Å². The summed E-state index contributed by atoms with van der Waals surface area (Å²) in [5.74, 6) is 1.49. The molecule has 1 fully saturated rings. The van der Waals surface area contributed by atoms with Crippen molar-refractivity contribution >= 4 is 11.8 Å². The summed E-state index contributed by atoms with van der Waals surface area (Å²) in [6.07, 6.45) is 3.33. The molecule has 0 bridgehead atoms. The van der Waals surface area contributed by atoms with Crippen LogP contribution in [0.4, 0.5) is 0 Å². The van der Waals surface area contributed by atoms with Crippen LogP contribution in [0, 0.1) is 0 Å². The topological polar surface area (TPSA) is 67.9 Å². The standard InChI is InChI=1S/C18H26N2O4/c1-2-13-23-15-6-8-16(9-7-15)24-14-17(21)19-10-4-12-20-11-3-5-18(20)22/h6-9H,2-5,10-14H2,1H3,(H,19,21). The first-order valence-corrected chi connectivity index (χ1v) is 8.59. The van der Waals surface area contributed by atoms with Crippen LogP contribution in [0.15, 0.2) is 24.3 Å². The number of ether oxygens (including phenoxy) is 2. The van der Waals surface area contributed by atoms with Crippen molar-refractivity contribution in [3.8, 4) is 11.5 Å². The fourth-order valence-electron chi connectivity index (χ4n) is 2.49. The molecule has 0 radical (unpaired) electrons. The molecule has 0 saturated carbocycles. The fourth-order valence-corrected chi connectivity index (χ4v) is 2.49. The van der Waals surface area contributed by atoms with Gasteiger partial charge in [0, 0.05) is 26.1 Å². The van der Waals surface area contributed by atoms with Gasteiger partial charge >= 0.3 is 0 Å². The second-order valence-electron chi connectivity index (χ2n) is 5.80. The van der Waals surface area contributed by atoms with E-state index in [-0.39, 0.29) is 18.4 Å². The van der Waals surface area contributed by atoms with Crippen molar-refractivity contribution in [3.05, 3.63) is 24.3 Å². The van der Waals surface area contributed by atoms with Crippen molar-refractivity contribution in [1.82, 2.24) is 10.2 Å². The average Bonchev–Trinajstić information content (AvgIpc) is 3.01. The Balaban J connectivity index is 1.58. The molecule has 1 N–H and O–H groups in total. The maximum atomic E-state index is 11.7. The van der Waals surface area contributed by atoms with Crippen LogP contribution in [0.2, 0.25) is 0 Å². The van der Waals surface area contributed by atoms with Crippen molar-refractivity contribution < 1.29 is 19.1 Å². The van der Waals surface area contributed by atoms with E-state index in [1.807, 2.05) is 17.0 Å². The molecule has 1 heterocycles. The molecule has 2 rings (SSSR count). The number of hydrogen-bond acceptors (Lipinski definition) is 4. The molecule has 1 aromatic carbocycles. The van der Waals surface area contributed by atoms with Crippen LogP contribution < -0.4 is 14.8 Å². The molecular formula is C18H26N2O4. The number of nitrogens with one attached hydrogen (secondary N) is 1. The molecule has 2 amide bonds. The monoisotopic (exact) mass is 334 g/mol. The molecule has 1 aromatic rings. The number of likely N-dealkylation sites (tertiary alicyclic amines) is 1. The Kier molecular flexibility index (Phi) is 7.39. The van der Waals surface area contributed by atoms with Crippen molar-refractivity contribution in [2.45, 2.75) is 32.6 Å². The predicted octanol–water partition coefficient (Wildman–Crippen LogP) is 1.98. The zero-order valence-corrected chi connectivity index (χ0v) is 14.3. The normalized spacial score (nSPS) is 13.9. The summed E-state index contributed by atoms with van der Waals surface area (Å²) in [5, 5.41) is 2.80. The van der Waals surface area contributed by atoms with E-state index in [0.29, 0.717) is 31.9 Å². The highest BCUT2D eigenvalue weighted by Crippen LogP contribution is 2.17. The lowest BCUT2D eigenvalue weighted by molar-refractivity contribution is -0.127. The van der Waals surface area contributed by atoms with Gasteiger partial charge in [-0.15, -0.1) is 0 Å². The number of benzene rings is 1. The zero-order valence-electron chi connectivity index (χ0n) is 14.3.